The zero-order chi connectivity index (χ0) is 20.8. The molecule has 150 valence electrons. The molecule has 1 atom stereocenters. The third-order valence-electron chi connectivity index (χ3n) is 4.22. The van der Waals surface area contributed by atoms with Gasteiger partial charge in [0, 0.05) is 27.7 Å². The van der Waals surface area contributed by atoms with Crippen molar-refractivity contribution in [3.63, 3.8) is 0 Å². The molecule has 0 saturated heterocycles. The second kappa shape index (κ2) is 10.1. The standard InChI is InChI=1S/C21H23Cl3N2O2/c1-13(2)25-21(28)14(3)26(12-16-6-9-18(23)11-19(16)24)20(27)10-15-4-7-17(22)8-5-15/h4-9,11,13-14H,10,12H2,1-3H3,(H,25,28)/t14-/m0/s1. The molecule has 0 radical (unpaired) electrons. The number of benzene rings is 2. The van der Waals surface area contributed by atoms with Crippen LogP contribution in [-0.4, -0.2) is 28.8 Å². The Balaban J connectivity index is 2.27. The van der Waals surface area contributed by atoms with Gasteiger partial charge in [-0.1, -0.05) is 53.0 Å². The predicted molar refractivity (Wildman–Crippen MR) is 115 cm³/mol. The number of halogens is 3. The Morgan fingerprint density at radius 3 is 2.14 bits per heavy atom. The van der Waals surface area contributed by atoms with Gasteiger partial charge in [-0.3, -0.25) is 9.59 Å². The molecule has 0 aliphatic carbocycles. The van der Waals surface area contributed by atoms with Crippen molar-refractivity contribution in [1.82, 2.24) is 10.2 Å². The predicted octanol–water partition coefficient (Wildman–Crippen LogP) is 5.13. The Morgan fingerprint density at radius 2 is 1.57 bits per heavy atom. The third kappa shape index (κ3) is 6.40. The van der Waals surface area contributed by atoms with E-state index in [0.717, 1.165) is 11.1 Å². The smallest absolute Gasteiger partial charge is 0.242 e. The molecular formula is C21H23Cl3N2O2. The van der Waals surface area contributed by atoms with Crippen LogP contribution in [0.1, 0.15) is 31.9 Å². The highest BCUT2D eigenvalue weighted by Crippen LogP contribution is 2.23. The van der Waals surface area contributed by atoms with Crippen LogP contribution < -0.4 is 5.32 Å². The molecule has 1 N–H and O–H groups in total. The molecule has 2 rings (SSSR count). The average Bonchev–Trinajstić information content (AvgIpc) is 2.61. The average molecular weight is 442 g/mol. The monoisotopic (exact) mass is 440 g/mol. The van der Waals surface area contributed by atoms with E-state index in [-0.39, 0.29) is 30.8 Å². The second-order valence-corrected chi connectivity index (χ2v) is 8.18. The van der Waals surface area contributed by atoms with E-state index in [1.807, 2.05) is 13.8 Å². The summed E-state index contributed by atoms with van der Waals surface area (Å²) in [5, 5.41) is 4.42. The van der Waals surface area contributed by atoms with Crippen molar-refractivity contribution in [2.75, 3.05) is 0 Å². The molecule has 0 spiro atoms. The highest BCUT2D eigenvalue weighted by Gasteiger charge is 2.27. The summed E-state index contributed by atoms with van der Waals surface area (Å²) in [5.74, 6) is -0.399. The molecule has 2 aromatic rings. The number of hydrogen-bond acceptors (Lipinski definition) is 2. The molecule has 0 aromatic heterocycles. The van der Waals surface area contributed by atoms with Crippen LogP contribution in [-0.2, 0) is 22.6 Å². The fourth-order valence-corrected chi connectivity index (χ4v) is 3.29. The van der Waals surface area contributed by atoms with Gasteiger partial charge in [0.15, 0.2) is 0 Å². The van der Waals surface area contributed by atoms with Crippen molar-refractivity contribution in [2.24, 2.45) is 0 Å². The van der Waals surface area contributed by atoms with Gasteiger partial charge in [-0.05, 0) is 56.2 Å². The van der Waals surface area contributed by atoms with Crippen LogP contribution in [0.4, 0.5) is 0 Å². The van der Waals surface area contributed by atoms with E-state index in [1.165, 1.54) is 4.90 Å². The Hall–Kier alpha value is -1.75. The van der Waals surface area contributed by atoms with Crippen LogP contribution in [0.25, 0.3) is 0 Å². The fraction of sp³-hybridized carbons (Fsp3) is 0.333. The lowest BCUT2D eigenvalue weighted by molar-refractivity contribution is -0.140. The first-order chi connectivity index (χ1) is 13.2. The quantitative estimate of drug-likeness (QED) is 0.647. The third-order valence-corrected chi connectivity index (χ3v) is 5.06. The molecule has 2 aromatic carbocycles. The summed E-state index contributed by atoms with van der Waals surface area (Å²) in [5.41, 5.74) is 1.54. The Bertz CT molecular complexity index is 838. The number of hydrogen-bond donors (Lipinski definition) is 1. The van der Waals surface area contributed by atoms with Crippen LogP contribution in [0.5, 0.6) is 0 Å². The van der Waals surface area contributed by atoms with E-state index >= 15 is 0 Å². The SMILES string of the molecule is CC(C)NC(=O)[C@H](C)N(Cc1ccc(Cl)cc1Cl)C(=O)Cc1ccc(Cl)cc1. The number of carbonyl (C=O) groups excluding carboxylic acids is 2. The van der Waals surface area contributed by atoms with Gasteiger partial charge in [0.25, 0.3) is 0 Å². The highest BCUT2D eigenvalue weighted by atomic mass is 35.5. The normalized spacial score (nSPS) is 12.0. The van der Waals surface area contributed by atoms with Crippen LogP contribution in [0.3, 0.4) is 0 Å². The lowest BCUT2D eigenvalue weighted by Crippen LogP contribution is -2.49. The summed E-state index contributed by atoms with van der Waals surface area (Å²) in [6.45, 7) is 5.66. The van der Waals surface area contributed by atoms with Crippen LogP contribution in [0.15, 0.2) is 42.5 Å². The number of nitrogens with one attached hydrogen (secondary N) is 1. The van der Waals surface area contributed by atoms with E-state index in [4.69, 9.17) is 34.8 Å². The topological polar surface area (TPSA) is 49.4 Å². The van der Waals surface area contributed by atoms with Gasteiger partial charge in [0.1, 0.15) is 6.04 Å². The van der Waals surface area contributed by atoms with Crippen molar-refractivity contribution >= 4 is 46.6 Å². The Kier molecular flexibility index (Phi) is 8.17. The molecule has 0 saturated carbocycles. The van der Waals surface area contributed by atoms with Gasteiger partial charge < -0.3 is 10.2 Å². The van der Waals surface area contributed by atoms with E-state index in [2.05, 4.69) is 5.32 Å². The van der Waals surface area contributed by atoms with E-state index in [0.29, 0.717) is 15.1 Å². The van der Waals surface area contributed by atoms with Gasteiger partial charge in [0.2, 0.25) is 11.8 Å². The van der Waals surface area contributed by atoms with Crippen molar-refractivity contribution < 1.29 is 9.59 Å². The molecule has 4 nitrogen and oxygen atoms in total. The van der Waals surface area contributed by atoms with Crippen molar-refractivity contribution in [2.45, 2.75) is 45.8 Å². The summed E-state index contributed by atoms with van der Waals surface area (Å²) < 4.78 is 0. The van der Waals surface area contributed by atoms with E-state index in [9.17, 15) is 9.59 Å². The molecule has 2 amide bonds. The number of nitrogens with zero attached hydrogens (tertiary/aromatic N) is 1. The van der Waals surface area contributed by atoms with Crippen molar-refractivity contribution in [3.05, 3.63) is 68.7 Å². The molecule has 0 aliphatic heterocycles. The molecule has 7 heteroatoms. The van der Waals surface area contributed by atoms with E-state index in [1.54, 1.807) is 49.4 Å². The van der Waals surface area contributed by atoms with Crippen LogP contribution in [0.2, 0.25) is 15.1 Å². The lowest BCUT2D eigenvalue weighted by atomic mass is 10.1. The number of rotatable bonds is 7. The zero-order valence-corrected chi connectivity index (χ0v) is 18.3. The largest absolute Gasteiger partial charge is 0.352 e. The first-order valence-corrected chi connectivity index (χ1v) is 10.1. The number of amides is 2. The first kappa shape index (κ1) is 22.5. The van der Waals surface area contributed by atoms with Crippen molar-refractivity contribution in [3.8, 4) is 0 Å². The van der Waals surface area contributed by atoms with E-state index < -0.39 is 6.04 Å². The highest BCUT2D eigenvalue weighted by molar-refractivity contribution is 6.35. The first-order valence-electron chi connectivity index (χ1n) is 8.95. The molecule has 0 aliphatic rings. The lowest BCUT2D eigenvalue weighted by Gasteiger charge is -2.30. The minimum atomic E-state index is -0.658. The maximum absolute atomic E-state index is 13.1. The van der Waals surface area contributed by atoms with Crippen LogP contribution >= 0.6 is 34.8 Å². The molecule has 0 heterocycles. The minimum Gasteiger partial charge on any atom is -0.352 e. The van der Waals surface area contributed by atoms with Gasteiger partial charge in [0.05, 0.1) is 6.42 Å². The van der Waals surface area contributed by atoms with Gasteiger partial charge in [-0.2, -0.15) is 0 Å². The summed E-state index contributed by atoms with van der Waals surface area (Å²) in [4.78, 5) is 27.1. The molecule has 28 heavy (non-hydrogen) atoms. The summed E-state index contributed by atoms with van der Waals surface area (Å²) in [6.07, 6.45) is 0.154. The second-order valence-electron chi connectivity index (χ2n) is 6.90. The van der Waals surface area contributed by atoms with Crippen molar-refractivity contribution in [1.29, 1.82) is 0 Å². The maximum Gasteiger partial charge on any atom is 0.242 e. The van der Waals surface area contributed by atoms with Gasteiger partial charge >= 0.3 is 0 Å². The zero-order valence-electron chi connectivity index (χ0n) is 16.0. The summed E-state index contributed by atoms with van der Waals surface area (Å²) in [7, 11) is 0. The molecule has 0 unspecified atom stereocenters. The maximum atomic E-state index is 13.1. The fourth-order valence-electron chi connectivity index (χ4n) is 2.70. The number of carbonyl (C=O) groups is 2. The van der Waals surface area contributed by atoms with Crippen LogP contribution in [0, 0.1) is 0 Å². The molecule has 0 fully saturated rings. The molecular weight excluding hydrogens is 419 g/mol. The molecule has 0 bridgehead atoms. The minimum absolute atomic E-state index is 0.0257. The summed E-state index contributed by atoms with van der Waals surface area (Å²) >= 11 is 18.2. The summed E-state index contributed by atoms with van der Waals surface area (Å²) in [6, 6.07) is 11.5. The van der Waals surface area contributed by atoms with Gasteiger partial charge in [-0.15, -0.1) is 0 Å². The Morgan fingerprint density at radius 1 is 0.964 bits per heavy atom. The van der Waals surface area contributed by atoms with Gasteiger partial charge in [-0.25, -0.2) is 0 Å². The Labute approximate surface area is 180 Å².